The summed E-state index contributed by atoms with van der Waals surface area (Å²) >= 11 is 5.89. The molecule has 3 rings (SSSR count). The van der Waals surface area contributed by atoms with Gasteiger partial charge in [0.15, 0.2) is 11.4 Å². The molecule has 0 saturated carbocycles. The van der Waals surface area contributed by atoms with Crippen molar-refractivity contribution in [3.63, 3.8) is 0 Å². The van der Waals surface area contributed by atoms with E-state index in [1.54, 1.807) is 6.07 Å². The van der Waals surface area contributed by atoms with Gasteiger partial charge in [-0.1, -0.05) is 29.8 Å². The van der Waals surface area contributed by atoms with Crippen LogP contribution in [-0.2, 0) is 0 Å². The molecule has 0 spiro atoms. The van der Waals surface area contributed by atoms with E-state index in [-0.39, 0.29) is 21.9 Å². The zero-order valence-corrected chi connectivity index (χ0v) is 10.9. The number of halogens is 3. The Labute approximate surface area is 118 Å². The van der Waals surface area contributed by atoms with Crippen LogP contribution in [0, 0.1) is 11.6 Å². The van der Waals surface area contributed by atoms with Crippen LogP contribution in [0.5, 0.6) is 0 Å². The van der Waals surface area contributed by atoms with Crippen molar-refractivity contribution < 1.29 is 18.3 Å². The second kappa shape index (κ2) is 4.89. The molecule has 0 radical (unpaired) electrons. The number of benzene rings is 2. The minimum atomic E-state index is -1.39. The number of fused-ring (bicyclic) bond motifs is 1. The zero-order chi connectivity index (χ0) is 14.3. The van der Waals surface area contributed by atoms with Crippen molar-refractivity contribution in [1.29, 1.82) is 0 Å². The van der Waals surface area contributed by atoms with E-state index >= 15 is 0 Å². The number of para-hydroxylation sites is 1. The highest BCUT2D eigenvalue weighted by Gasteiger charge is 2.22. The van der Waals surface area contributed by atoms with Crippen molar-refractivity contribution in [2.24, 2.45) is 0 Å². The van der Waals surface area contributed by atoms with Crippen molar-refractivity contribution in [2.45, 2.75) is 6.10 Å². The number of rotatable bonds is 2. The zero-order valence-electron chi connectivity index (χ0n) is 10.1. The van der Waals surface area contributed by atoms with Crippen molar-refractivity contribution in [3.05, 3.63) is 70.4 Å². The van der Waals surface area contributed by atoms with Crippen LogP contribution in [0.15, 0.2) is 46.9 Å². The summed E-state index contributed by atoms with van der Waals surface area (Å²) in [5, 5.41) is 10.8. The van der Waals surface area contributed by atoms with Crippen LogP contribution in [0.1, 0.15) is 17.4 Å². The van der Waals surface area contributed by atoms with Gasteiger partial charge in [0, 0.05) is 16.0 Å². The van der Waals surface area contributed by atoms with Crippen LogP contribution in [0.4, 0.5) is 8.78 Å². The molecule has 1 heterocycles. The molecule has 1 unspecified atom stereocenters. The Balaban J connectivity index is 2.13. The van der Waals surface area contributed by atoms with Gasteiger partial charge in [-0.25, -0.2) is 8.78 Å². The molecule has 0 bridgehead atoms. The van der Waals surface area contributed by atoms with Gasteiger partial charge in [-0.05, 0) is 24.3 Å². The van der Waals surface area contributed by atoms with Gasteiger partial charge >= 0.3 is 0 Å². The number of hydrogen-bond donors (Lipinski definition) is 1. The lowest BCUT2D eigenvalue weighted by atomic mass is 10.1. The highest BCUT2D eigenvalue weighted by atomic mass is 35.5. The van der Waals surface area contributed by atoms with Crippen LogP contribution >= 0.6 is 11.6 Å². The standard InChI is InChI=1S/C15H9ClF2O2/c16-9-4-2-5-10(17)13(9)14(19)12-7-8-3-1-6-11(18)15(8)20-12/h1-7,14,19H. The van der Waals surface area contributed by atoms with Crippen LogP contribution in [0.25, 0.3) is 11.0 Å². The summed E-state index contributed by atoms with van der Waals surface area (Å²) in [4.78, 5) is 0. The number of aliphatic hydroxyl groups is 1. The summed E-state index contributed by atoms with van der Waals surface area (Å²) in [5.41, 5.74) is -0.0670. The van der Waals surface area contributed by atoms with Gasteiger partial charge in [-0.3, -0.25) is 0 Å². The van der Waals surface area contributed by atoms with Gasteiger partial charge in [0.1, 0.15) is 17.7 Å². The predicted molar refractivity (Wildman–Crippen MR) is 71.6 cm³/mol. The normalized spacial score (nSPS) is 12.8. The third-order valence-corrected chi connectivity index (χ3v) is 3.39. The predicted octanol–water partition coefficient (Wildman–Crippen LogP) is 4.45. The fourth-order valence-electron chi connectivity index (χ4n) is 2.10. The van der Waals surface area contributed by atoms with Crippen LogP contribution in [0.2, 0.25) is 5.02 Å². The highest BCUT2D eigenvalue weighted by Crippen LogP contribution is 2.33. The first-order valence-electron chi connectivity index (χ1n) is 5.88. The van der Waals surface area contributed by atoms with Gasteiger partial charge in [-0.15, -0.1) is 0 Å². The molecule has 0 saturated heterocycles. The van der Waals surface area contributed by atoms with E-state index in [2.05, 4.69) is 0 Å². The number of hydrogen-bond acceptors (Lipinski definition) is 2. The molecule has 0 amide bonds. The third-order valence-electron chi connectivity index (χ3n) is 3.06. The summed E-state index contributed by atoms with van der Waals surface area (Å²) in [7, 11) is 0. The first kappa shape index (κ1) is 13.1. The average Bonchev–Trinajstić information content (AvgIpc) is 2.84. The summed E-state index contributed by atoms with van der Waals surface area (Å²) < 4.78 is 32.6. The molecule has 0 aliphatic carbocycles. The van der Waals surface area contributed by atoms with Gasteiger partial charge in [0.25, 0.3) is 0 Å². The molecule has 1 N–H and O–H groups in total. The third kappa shape index (κ3) is 2.07. The van der Waals surface area contributed by atoms with Crippen molar-refractivity contribution in [2.75, 3.05) is 0 Å². The fourth-order valence-corrected chi connectivity index (χ4v) is 2.36. The van der Waals surface area contributed by atoms with Gasteiger partial charge in [0.05, 0.1) is 0 Å². The van der Waals surface area contributed by atoms with E-state index in [0.29, 0.717) is 5.39 Å². The lowest BCUT2D eigenvalue weighted by Crippen LogP contribution is -2.02. The molecule has 5 heteroatoms. The maximum absolute atomic E-state index is 13.8. The molecule has 1 atom stereocenters. The second-order valence-electron chi connectivity index (χ2n) is 4.34. The largest absolute Gasteiger partial charge is 0.455 e. The lowest BCUT2D eigenvalue weighted by molar-refractivity contribution is 0.187. The molecule has 102 valence electrons. The Morgan fingerprint density at radius 2 is 1.75 bits per heavy atom. The smallest absolute Gasteiger partial charge is 0.170 e. The van der Waals surface area contributed by atoms with E-state index in [0.717, 1.165) is 0 Å². The van der Waals surface area contributed by atoms with E-state index in [1.165, 1.54) is 36.4 Å². The SMILES string of the molecule is OC(c1cc2cccc(F)c2o1)c1c(F)cccc1Cl. The van der Waals surface area contributed by atoms with Crippen molar-refractivity contribution in [1.82, 2.24) is 0 Å². The minimum Gasteiger partial charge on any atom is -0.455 e. The van der Waals surface area contributed by atoms with Crippen LogP contribution in [-0.4, -0.2) is 5.11 Å². The van der Waals surface area contributed by atoms with Gasteiger partial charge < -0.3 is 9.52 Å². The molecular weight excluding hydrogens is 286 g/mol. The molecule has 1 aromatic heterocycles. The molecular formula is C15H9ClF2O2. The van der Waals surface area contributed by atoms with E-state index in [4.69, 9.17) is 16.0 Å². The molecule has 0 aliphatic rings. The fraction of sp³-hybridized carbons (Fsp3) is 0.0667. The summed E-state index contributed by atoms with van der Waals surface area (Å²) in [6, 6.07) is 9.97. The van der Waals surface area contributed by atoms with Crippen molar-refractivity contribution in [3.8, 4) is 0 Å². The van der Waals surface area contributed by atoms with Gasteiger partial charge in [-0.2, -0.15) is 0 Å². The average molecular weight is 295 g/mol. The lowest BCUT2D eigenvalue weighted by Gasteiger charge is -2.10. The Morgan fingerprint density at radius 1 is 1.05 bits per heavy atom. The molecule has 3 aromatic rings. The maximum Gasteiger partial charge on any atom is 0.170 e. The van der Waals surface area contributed by atoms with E-state index in [9.17, 15) is 13.9 Å². The van der Waals surface area contributed by atoms with E-state index in [1.807, 2.05) is 0 Å². The van der Waals surface area contributed by atoms with E-state index < -0.39 is 17.7 Å². The Hall–Kier alpha value is -1.91. The summed E-state index contributed by atoms with van der Waals surface area (Å²) in [5.74, 6) is -1.15. The first-order valence-corrected chi connectivity index (χ1v) is 6.25. The molecule has 0 aliphatic heterocycles. The maximum atomic E-state index is 13.8. The van der Waals surface area contributed by atoms with Gasteiger partial charge in [0.2, 0.25) is 0 Å². The van der Waals surface area contributed by atoms with Crippen LogP contribution in [0.3, 0.4) is 0 Å². The Morgan fingerprint density at radius 3 is 2.45 bits per heavy atom. The minimum absolute atomic E-state index is 0.0222. The molecule has 2 nitrogen and oxygen atoms in total. The second-order valence-corrected chi connectivity index (χ2v) is 4.75. The number of aliphatic hydroxyl groups excluding tert-OH is 1. The van der Waals surface area contributed by atoms with Crippen molar-refractivity contribution >= 4 is 22.6 Å². The first-order chi connectivity index (χ1) is 9.58. The Bertz CT molecular complexity index is 762. The quantitative estimate of drug-likeness (QED) is 0.757. The summed E-state index contributed by atoms with van der Waals surface area (Å²) in [6.07, 6.45) is -1.39. The molecule has 0 fully saturated rings. The van der Waals surface area contributed by atoms with Crippen LogP contribution < -0.4 is 0 Å². The highest BCUT2D eigenvalue weighted by molar-refractivity contribution is 6.31. The number of furan rings is 1. The molecule has 20 heavy (non-hydrogen) atoms. The summed E-state index contributed by atoms with van der Waals surface area (Å²) in [6.45, 7) is 0. The monoisotopic (exact) mass is 294 g/mol. The Kier molecular flexibility index (Phi) is 3.20. The topological polar surface area (TPSA) is 33.4 Å². The molecule has 2 aromatic carbocycles.